The highest BCUT2D eigenvalue weighted by atomic mass is 16.6. The standard InChI is InChI=1S/C25H22N2O3/c1-25-24(29-2)22(28)13-23(30-25)26-18-9-5-3-7-14(18)16-11-17-15-8-4-6-10-19(15)27(25)21(17)12-20(16)26/h3-12,22-24,28H,13H2,1-2H3/t22?,23-,24-,25+/m1/s1. The third-order valence-corrected chi connectivity index (χ3v) is 7.18. The van der Waals surface area contributed by atoms with Crippen LogP contribution in [0.4, 0.5) is 0 Å². The van der Waals surface area contributed by atoms with Crippen LogP contribution >= 0.6 is 0 Å². The molecule has 5 heteroatoms. The van der Waals surface area contributed by atoms with E-state index in [1.54, 1.807) is 7.11 Å². The predicted molar refractivity (Wildman–Crippen MR) is 118 cm³/mol. The average Bonchev–Trinajstić information content (AvgIpc) is 3.23. The first-order chi connectivity index (χ1) is 14.6. The largest absolute Gasteiger partial charge is 0.390 e. The zero-order valence-corrected chi connectivity index (χ0v) is 16.9. The second-order valence-electron chi connectivity index (χ2n) is 8.71. The fourth-order valence-corrected chi connectivity index (χ4v) is 6.04. The first kappa shape index (κ1) is 16.9. The second-order valence-corrected chi connectivity index (χ2v) is 8.71. The molecule has 1 saturated heterocycles. The Morgan fingerprint density at radius 3 is 2.33 bits per heavy atom. The summed E-state index contributed by atoms with van der Waals surface area (Å²) in [6.07, 6.45) is -0.929. The molecular weight excluding hydrogens is 376 g/mol. The summed E-state index contributed by atoms with van der Waals surface area (Å²) in [5.41, 5.74) is 3.62. The van der Waals surface area contributed by atoms with Crippen LogP contribution in [0.15, 0.2) is 60.7 Å². The van der Waals surface area contributed by atoms with Gasteiger partial charge in [0.25, 0.3) is 0 Å². The Balaban J connectivity index is 1.77. The highest BCUT2D eigenvalue weighted by Gasteiger charge is 2.51. The molecule has 1 fully saturated rings. The van der Waals surface area contributed by atoms with E-state index in [2.05, 4.69) is 69.8 Å². The molecular formula is C25H22N2O3. The van der Waals surface area contributed by atoms with Crippen LogP contribution < -0.4 is 0 Å². The van der Waals surface area contributed by atoms with E-state index >= 15 is 0 Å². The number of methoxy groups -OCH3 is 1. The van der Waals surface area contributed by atoms with Crippen molar-refractivity contribution >= 4 is 43.6 Å². The molecule has 30 heavy (non-hydrogen) atoms. The Bertz CT molecular complexity index is 1500. The van der Waals surface area contributed by atoms with Crippen molar-refractivity contribution in [2.75, 3.05) is 7.11 Å². The number of para-hydroxylation sites is 2. The number of rotatable bonds is 1. The van der Waals surface area contributed by atoms with Crippen molar-refractivity contribution in [1.82, 2.24) is 9.13 Å². The molecule has 0 radical (unpaired) electrons. The third-order valence-electron chi connectivity index (χ3n) is 7.18. The van der Waals surface area contributed by atoms with Crippen LogP contribution in [0.3, 0.4) is 0 Å². The number of hydrogen-bond donors (Lipinski definition) is 1. The summed E-state index contributed by atoms with van der Waals surface area (Å²) >= 11 is 0. The van der Waals surface area contributed by atoms with Crippen molar-refractivity contribution in [3.8, 4) is 0 Å². The molecule has 1 unspecified atom stereocenters. The third kappa shape index (κ3) is 1.80. The van der Waals surface area contributed by atoms with E-state index in [0.717, 1.165) is 22.1 Å². The molecule has 3 aromatic carbocycles. The van der Waals surface area contributed by atoms with E-state index in [4.69, 9.17) is 9.47 Å². The van der Waals surface area contributed by atoms with E-state index in [-0.39, 0.29) is 6.23 Å². The van der Waals surface area contributed by atoms with Crippen molar-refractivity contribution < 1.29 is 14.6 Å². The number of aliphatic hydroxyl groups is 1. The predicted octanol–water partition coefficient (Wildman–Crippen LogP) is 4.88. The summed E-state index contributed by atoms with van der Waals surface area (Å²) in [4.78, 5) is 0. The van der Waals surface area contributed by atoms with Crippen LogP contribution in [-0.4, -0.2) is 33.6 Å². The Morgan fingerprint density at radius 2 is 1.57 bits per heavy atom. The van der Waals surface area contributed by atoms with Crippen LogP contribution in [0, 0.1) is 0 Å². The van der Waals surface area contributed by atoms with Crippen LogP contribution in [0.5, 0.6) is 0 Å². The first-order valence-electron chi connectivity index (χ1n) is 10.5. The highest BCUT2D eigenvalue weighted by Crippen LogP contribution is 2.49. The number of ether oxygens (including phenoxy) is 2. The van der Waals surface area contributed by atoms with Crippen molar-refractivity contribution in [2.24, 2.45) is 0 Å². The quantitative estimate of drug-likeness (QED) is 0.438. The Labute approximate surface area is 173 Å². The minimum atomic E-state index is -0.852. The summed E-state index contributed by atoms with van der Waals surface area (Å²) in [6.45, 7) is 2.04. The maximum atomic E-state index is 11.2. The molecule has 4 heterocycles. The normalized spacial score (nSPS) is 28.2. The van der Waals surface area contributed by atoms with Gasteiger partial charge < -0.3 is 23.7 Å². The molecule has 4 atom stereocenters. The number of fused-ring (bicyclic) bond motifs is 10. The minimum Gasteiger partial charge on any atom is -0.390 e. The number of benzene rings is 3. The van der Waals surface area contributed by atoms with Crippen molar-refractivity contribution in [3.05, 3.63) is 60.7 Å². The van der Waals surface area contributed by atoms with Gasteiger partial charge in [0.1, 0.15) is 12.3 Å². The monoisotopic (exact) mass is 398 g/mol. The molecule has 7 rings (SSSR count). The Kier molecular flexibility index (Phi) is 3.06. The van der Waals surface area contributed by atoms with E-state index in [9.17, 15) is 5.11 Å². The summed E-state index contributed by atoms with van der Waals surface area (Å²) in [6, 6.07) is 21.5. The number of nitrogens with zero attached hydrogens (tertiary/aromatic N) is 2. The average molecular weight is 398 g/mol. The molecule has 1 N–H and O–H groups in total. The summed E-state index contributed by atoms with van der Waals surface area (Å²) in [7, 11) is 1.66. The van der Waals surface area contributed by atoms with Gasteiger partial charge in [0.05, 0.1) is 28.2 Å². The fourth-order valence-electron chi connectivity index (χ4n) is 6.04. The van der Waals surface area contributed by atoms with E-state index < -0.39 is 17.9 Å². The van der Waals surface area contributed by atoms with Gasteiger partial charge in [-0.3, -0.25) is 0 Å². The Hall–Kier alpha value is -2.86. The summed E-state index contributed by atoms with van der Waals surface area (Å²) < 4.78 is 17.2. The SMILES string of the molecule is CO[C@@H]1C(O)C[C@H]2O[C@]1(C)n1c3ccccc3c3cc4c5ccccc5n2c4cc31. The van der Waals surface area contributed by atoms with E-state index in [1.165, 1.54) is 21.5 Å². The van der Waals surface area contributed by atoms with Crippen molar-refractivity contribution in [2.45, 2.75) is 37.5 Å². The lowest BCUT2D eigenvalue weighted by Gasteiger charge is -2.48. The molecule has 5 nitrogen and oxygen atoms in total. The van der Waals surface area contributed by atoms with Gasteiger partial charge in [-0.25, -0.2) is 0 Å². The molecule has 150 valence electrons. The molecule has 4 bridgehead atoms. The van der Waals surface area contributed by atoms with Gasteiger partial charge in [-0.05, 0) is 31.2 Å². The van der Waals surface area contributed by atoms with Gasteiger partial charge in [-0.15, -0.1) is 0 Å². The number of aliphatic hydroxyl groups excluding tert-OH is 1. The second kappa shape index (κ2) is 5.43. The van der Waals surface area contributed by atoms with Gasteiger partial charge in [-0.1, -0.05) is 36.4 Å². The zero-order valence-electron chi connectivity index (χ0n) is 16.9. The van der Waals surface area contributed by atoms with Gasteiger partial charge in [-0.2, -0.15) is 0 Å². The minimum absolute atomic E-state index is 0.287. The van der Waals surface area contributed by atoms with Crippen molar-refractivity contribution in [1.29, 1.82) is 0 Å². The van der Waals surface area contributed by atoms with Crippen LogP contribution in [0.25, 0.3) is 43.6 Å². The maximum Gasteiger partial charge on any atom is 0.174 e. The lowest BCUT2D eigenvalue weighted by Crippen LogP contribution is -2.57. The van der Waals surface area contributed by atoms with Crippen LogP contribution in [-0.2, 0) is 15.2 Å². The summed E-state index contributed by atoms with van der Waals surface area (Å²) in [5, 5.41) is 16.0. The zero-order chi connectivity index (χ0) is 20.2. The van der Waals surface area contributed by atoms with Crippen LogP contribution in [0.2, 0.25) is 0 Å². The Morgan fingerprint density at radius 1 is 0.900 bits per heavy atom. The lowest BCUT2D eigenvalue weighted by molar-refractivity contribution is -0.280. The fraction of sp³-hybridized carbons (Fsp3) is 0.280. The van der Waals surface area contributed by atoms with E-state index in [0.29, 0.717) is 6.42 Å². The van der Waals surface area contributed by atoms with E-state index in [1.807, 2.05) is 6.92 Å². The van der Waals surface area contributed by atoms with Gasteiger partial charge in [0, 0.05) is 35.1 Å². The highest BCUT2D eigenvalue weighted by molar-refractivity contribution is 6.18. The lowest BCUT2D eigenvalue weighted by atomic mass is 9.94. The molecule has 2 aliphatic rings. The molecule has 2 aromatic heterocycles. The van der Waals surface area contributed by atoms with Gasteiger partial charge in [0.2, 0.25) is 0 Å². The number of aromatic nitrogens is 2. The molecule has 5 aromatic rings. The molecule has 0 saturated carbocycles. The van der Waals surface area contributed by atoms with Gasteiger partial charge >= 0.3 is 0 Å². The van der Waals surface area contributed by atoms with Crippen LogP contribution in [0.1, 0.15) is 19.6 Å². The summed E-state index contributed by atoms with van der Waals surface area (Å²) in [5.74, 6) is 0. The first-order valence-corrected chi connectivity index (χ1v) is 10.5. The smallest absolute Gasteiger partial charge is 0.174 e. The topological polar surface area (TPSA) is 48.5 Å². The molecule has 2 aliphatic heterocycles. The van der Waals surface area contributed by atoms with Gasteiger partial charge in [0.15, 0.2) is 5.72 Å². The maximum absolute atomic E-state index is 11.2. The molecule has 0 spiro atoms. The van der Waals surface area contributed by atoms with Crippen molar-refractivity contribution in [3.63, 3.8) is 0 Å². The molecule has 0 amide bonds. The number of hydrogen-bond acceptors (Lipinski definition) is 3. The molecule has 0 aliphatic carbocycles.